The van der Waals surface area contributed by atoms with Crippen LogP contribution in [0.5, 0.6) is 0 Å². The number of hydrogen-bond donors (Lipinski definition) is 1. The first-order valence-electron chi connectivity index (χ1n) is 5.26. The number of fused-ring (bicyclic) bond motifs is 1. The van der Waals surface area contributed by atoms with Crippen LogP contribution in [0.2, 0.25) is 0 Å². The van der Waals surface area contributed by atoms with Gasteiger partial charge in [-0.15, -0.1) is 11.3 Å². The molecule has 0 unspecified atom stereocenters. The Kier molecular flexibility index (Phi) is 2.38. The van der Waals surface area contributed by atoms with Crippen LogP contribution in [0.1, 0.15) is 16.4 Å². The van der Waals surface area contributed by atoms with E-state index in [1.807, 2.05) is 18.2 Å². The van der Waals surface area contributed by atoms with Crippen molar-refractivity contribution in [1.29, 1.82) is 0 Å². The minimum atomic E-state index is -0.518. The van der Waals surface area contributed by atoms with Crippen molar-refractivity contribution in [2.24, 2.45) is 5.73 Å². The fourth-order valence-corrected chi connectivity index (χ4v) is 2.50. The van der Waals surface area contributed by atoms with Gasteiger partial charge in [0, 0.05) is 17.9 Å². The first-order chi connectivity index (χ1) is 8.63. The standard InChI is InChI=1S/C12H9N3O2S/c1-6-14-8-4-7(2-3-10(8)17-6)12-15-9(5-18-12)11(13)16/h2-5H,1H3,(H2,13,16). The molecule has 0 aliphatic heterocycles. The Bertz CT molecular complexity index is 745. The fraction of sp³-hybridized carbons (Fsp3) is 0.0833. The molecule has 18 heavy (non-hydrogen) atoms. The lowest BCUT2D eigenvalue weighted by Crippen LogP contribution is -2.10. The van der Waals surface area contributed by atoms with Crippen LogP contribution < -0.4 is 5.73 Å². The molecule has 0 fully saturated rings. The maximum atomic E-state index is 11.0. The highest BCUT2D eigenvalue weighted by atomic mass is 32.1. The Balaban J connectivity index is 2.09. The van der Waals surface area contributed by atoms with Gasteiger partial charge in [0.15, 0.2) is 11.5 Å². The molecule has 0 spiro atoms. The van der Waals surface area contributed by atoms with E-state index >= 15 is 0 Å². The second-order valence-electron chi connectivity index (χ2n) is 3.82. The molecule has 2 aromatic heterocycles. The number of amides is 1. The number of nitrogens with zero attached hydrogens (tertiary/aromatic N) is 2. The Morgan fingerprint density at radius 1 is 1.39 bits per heavy atom. The number of primary amides is 1. The summed E-state index contributed by atoms with van der Waals surface area (Å²) in [6, 6.07) is 5.61. The summed E-state index contributed by atoms with van der Waals surface area (Å²) in [4.78, 5) is 19.4. The molecule has 1 amide bonds. The summed E-state index contributed by atoms with van der Waals surface area (Å²) >= 11 is 1.38. The molecule has 0 atom stereocenters. The van der Waals surface area contributed by atoms with Crippen molar-refractivity contribution in [3.05, 3.63) is 35.2 Å². The molecule has 3 aromatic rings. The van der Waals surface area contributed by atoms with Gasteiger partial charge in [0.1, 0.15) is 16.2 Å². The van der Waals surface area contributed by atoms with Gasteiger partial charge in [-0.1, -0.05) is 0 Å². The Morgan fingerprint density at radius 2 is 2.22 bits per heavy atom. The molecule has 0 saturated heterocycles. The lowest BCUT2D eigenvalue weighted by atomic mass is 10.2. The number of rotatable bonds is 2. The molecule has 0 saturated carbocycles. The van der Waals surface area contributed by atoms with Gasteiger partial charge in [0.2, 0.25) is 0 Å². The van der Waals surface area contributed by atoms with E-state index in [-0.39, 0.29) is 5.69 Å². The van der Waals surface area contributed by atoms with Gasteiger partial charge in [-0.2, -0.15) is 0 Å². The highest BCUT2D eigenvalue weighted by Crippen LogP contribution is 2.27. The summed E-state index contributed by atoms with van der Waals surface area (Å²) in [7, 11) is 0. The third kappa shape index (κ3) is 1.76. The van der Waals surface area contributed by atoms with E-state index in [9.17, 15) is 4.79 Å². The van der Waals surface area contributed by atoms with Crippen LogP contribution in [-0.2, 0) is 0 Å². The maximum absolute atomic E-state index is 11.0. The van der Waals surface area contributed by atoms with E-state index < -0.39 is 5.91 Å². The highest BCUT2D eigenvalue weighted by molar-refractivity contribution is 7.13. The minimum Gasteiger partial charge on any atom is -0.441 e. The summed E-state index contributed by atoms with van der Waals surface area (Å²) in [5.74, 6) is 0.106. The van der Waals surface area contributed by atoms with Crippen LogP contribution in [0, 0.1) is 6.92 Å². The van der Waals surface area contributed by atoms with Gasteiger partial charge in [-0.05, 0) is 18.2 Å². The molecular weight excluding hydrogens is 250 g/mol. The number of aromatic nitrogens is 2. The summed E-state index contributed by atoms with van der Waals surface area (Å²) in [6.45, 7) is 1.80. The van der Waals surface area contributed by atoms with Crippen molar-refractivity contribution in [3.63, 3.8) is 0 Å². The van der Waals surface area contributed by atoms with Gasteiger partial charge in [0.25, 0.3) is 5.91 Å². The number of benzene rings is 1. The van der Waals surface area contributed by atoms with E-state index in [1.54, 1.807) is 12.3 Å². The molecule has 0 aliphatic carbocycles. The second-order valence-corrected chi connectivity index (χ2v) is 4.68. The van der Waals surface area contributed by atoms with Gasteiger partial charge < -0.3 is 10.2 Å². The first kappa shape index (κ1) is 10.9. The summed E-state index contributed by atoms with van der Waals surface area (Å²) in [6.07, 6.45) is 0. The second kappa shape index (κ2) is 3.92. The van der Waals surface area contributed by atoms with Crippen molar-refractivity contribution < 1.29 is 9.21 Å². The average molecular weight is 259 g/mol. The number of carbonyl (C=O) groups excluding carboxylic acids is 1. The molecule has 3 rings (SSSR count). The van der Waals surface area contributed by atoms with Crippen LogP contribution in [-0.4, -0.2) is 15.9 Å². The number of nitrogens with two attached hydrogens (primary N) is 1. The van der Waals surface area contributed by atoms with Crippen molar-refractivity contribution in [2.45, 2.75) is 6.92 Å². The monoisotopic (exact) mass is 259 g/mol. The van der Waals surface area contributed by atoms with Crippen LogP contribution in [0.15, 0.2) is 28.0 Å². The molecule has 2 N–H and O–H groups in total. The normalized spacial score (nSPS) is 10.9. The molecule has 0 bridgehead atoms. The smallest absolute Gasteiger partial charge is 0.268 e. The molecule has 1 aromatic carbocycles. The Labute approximate surface area is 106 Å². The number of thiazole rings is 1. The quantitative estimate of drug-likeness (QED) is 0.765. The number of oxazole rings is 1. The summed E-state index contributed by atoms with van der Waals surface area (Å²) in [5, 5.41) is 2.39. The van der Waals surface area contributed by atoms with E-state index in [0.717, 1.165) is 21.7 Å². The van der Waals surface area contributed by atoms with Gasteiger partial charge in [-0.25, -0.2) is 9.97 Å². The van der Waals surface area contributed by atoms with Crippen molar-refractivity contribution >= 4 is 28.3 Å². The summed E-state index contributed by atoms with van der Waals surface area (Å²) < 4.78 is 5.40. The molecule has 6 heteroatoms. The molecule has 2 heterocycles. The lowest BCUT2D eigenvalue weighted by molar-refractivity contribution is 0.0996. The largest absolute Gasteiger partial charge is 0.441 e. The molecule has 0 aliphatic rings. The van der Waals surface area contributed by atoms with Crippen molar-refractivity contribution in [2.75, 3.05) is 0 Å². The first-order valence-corrected chi connectivity index (χ1v) is 6.14. The van der Waals surface area contributed by atoms with Gasteiger partial charge >= 0.3 is 0 Å². The molecular formula is C12H9N3O2S. The predicted molar refractivity (Wildman–Crippen MR) is 68.4 cm³/mol. The van der Waals surface area contributed by atoms with E-state index in [2.05, 4.69) is 9.97 Å². The van der Waals surface area contributed by atoms with E-state index in [4.69, 9.17) is 10.2 Å². The predicted octanol–water partition coefficient (Wildman–Crippen LogP) is 2.36. The van der Waals surface area contributed by atoms with Crippen LogP contribution in [0.25, 0.3) is 21.7 Å². The third-order valence-corrected chi connectivity index (χ3v) is 3.39. The molecule has 0 radical (unpaired) electrons. The maximum Gasteiger partial charge on any atom is 0.268 e. The zero-order valence-corrected chi connectivity index (χ0v) is 10.3. The number of carbonyl (C=O) groups is 1. The highest BCUT2D eigenvalue weighted by Gasteiger charge is 2.10. The fourth-order valence-electron chi connectivity index (χ4n) is 1.70. The van der Waals surface area contributed by atoms with E-state index in [1.165, 1.54) is 11.3 Å². The van der Waals surface area contributed by atoms with Crippen molar-refractivity contribution in [1.82, 2.24) is 9.97 Å². The molecule has 90 valence electrons. The average Bonchev–Trinajstić information content (AvgIpc) is 2.91. The minimum absolute atomic E-state index is 0.284. The van der Waals surface area contributed by atoms with Gasteiger partial charge in [-0.3, -0.25) is 4.79 Å². The third-order valence-electron chi connectivity index (χ3n) is 2.50. The lowest BCUT2D eigenvalue weighted by Gasteiger charge is -1.94. The zero-order valence-electron chi connectivity index (χ0n) is 9.51. The zero-order chi connectivity index (χ0) is 12.7. The number of aryl methyl sites for hydroxylation is 1. The van der Waals surface area contributed by atoms with Crippen LogP contribution >= 0.6 is 11.3 Å². The number of hydrogen-bond acceptors (Lipinski definition) is 5. The molecule has 5 nitrogen and oxygen atoms in total. The topological polar surface area (TPSA) is 82.0 Å². The van der Waals surface area contributed by atoms with Crippen LogP contribution in [0.4, 0.5) is 0 Å². The Morgan fingerprint density at radius 3 is 2.94 bits per heavy atom. The van der Waals surface area contributed by atoms with Gasteiger partial charge in [0.05, 0.1) is 0 Å². The van der Waals surface area contributed by atoms with Crippen LogP contribution in [0.3, 0.4) is 0 Å². The van der Waals surface area contributed by atoms with Crippen molar-refractivity contribution in [3.8, 4) is 10.6 Å². The van der Waals surface area contributed by atoms with E-state index in [0.29, 0.717) is 5.89 Å². The summed E-state index contributed by atoms with van der Waals surface area (Å²) in [5.41, 5.74) is 7.87. The SMILES string of the molecule is Cc1nc2cc(-c3nc(C(N)=O)cs3)ccc2o1. The Hall–Kier alpha value is -2.21.